The number of nitrogens with one attached hydrogen (secondary N) is 1. The van der Waals surface area contributed by atoms with Gasteiger partial charge in [0, 0.05) is 17.6 Å². The lowest BCUT2D eigenvalue weighted by molar-refractivity contribution is -0.0522. The maximum Gasteiger partial charge on any atom is 0.251 e. The van der Waals surface area contributed by atoms with Crippen LogP contribution in [-0.2, 0) is 16.0 Å². The summed E-state index contributed by atoms with van der Waals surface area (Å²) >= 11 is 0. The van der Waals surface area contributed by atoms with Crippen molar-refractivity contribution in [2.75, 3.05) is 13.2 Å². The van der Waals surface area contributed by atoms with Crippen molar-refractivity contribution in [3.63, 3.8) is 0 Å². The van der Waals surface area contributed by atoms with Gasteiger partial charge in [0.25, 0.3) is 5.56 Å². The van der Waals surface area contributed by atoms with Crippen molar-refractivity contribution in [2.45, 2.75) is 12.8 Å². The first-order valence-corrected chi connectivity index (χ1v) is 9.10. The van der Waals surface area contributed by atoms with E-state index in [0.29, 0.717) is 19.8 Å². The Morgan fingerprint density at radius 1 is 0.821 bits per heavy atom. The fourth-order valence-corrected chi connectivity index (χ4v) is 3.19. The second-order valence-electron chi connectivity index (χ2n) is 6.42. The van der Waals surface area contributed by atoms with E-state index in [0.717, 1.165) is 21.8 Å². The number of H-pyrrole nitrogens is 1. The van der Waals surface area contributed by atoms with Gasteiger partial charge in [-0.2, -0.15) is 0 Å². The van der Waals surface area contributed by atoms with E-state index in [9.17, 15) is 9.59 Å². The highest BCUT2D eigenvalue weighted by molar-refractivity contribution is 5.79. The highest BCUT2D eigenvalue weighted by Gasteiger charge is 2.17. The summed E-state index contributed by atoms with van der Waals surface area (Å²) in [5.41, 5.74) is 1.73. The highest BCUT2D eigenvalue weighted by atomic mass is 16.7. The van der Waals surface area contributed by atoms with Crippen LogP contribution in [-0.4, -0.2) is 29.1 Å². The number of aromatic nitrogens is 2. The summed E-state index contributed by atoms with van der Waals surface area (Å²) in [5, 5.41) is 2.11. The van der Waals surface area contributed by atoms with Crippen molar-refractivity contribution in [2.24, 2.45) is 0 Å². The standard InChI is InChI=1S/C13H13NO3.C9H7NO/c15-12-6-5-10-3-1-2-4-11(10)14(12)9-13-16-7-8-17-13;11-9-6-5-7-3-1-2-4-8(7)10-9/h1-6,13H,7-9H2;1-6H,(H,10,11). The SMILES string of the molecule is O=c1ccc2ccccc2[nH]1.O=c1ccc2ccccc2n1CC1OCCO1. The number of para-hydroxylation sites is 2. The first-order valence-electron chi connectivity index (χ1n) is 9.10. The van der Waals surface area contributed by atoms with Crippen LogP contribution in [0.15, 0.2) is 82.4 Å². The molecule has 5 rings (SSSR count). The minimum atomic E-state index is -0.307. The van der Waals surface area contributed by atoms with E-state index in [1.165, 1.54) is 6.07 Å². The van der Waals surface area contributed by atoms with E-state index in [1.807, 2.05) is 60.7 Å². The van der Waals surface area contributed by atoms with Gasteiger partial charge >= 0.3 is 0 Å². The van der Waals surface area contributed by atoms with Crippen LogP contribution in [0, 0.1) is 0 Å². The van der Waals surface area contributed by atoms with Crippen LogP contribution in [0.4, 0.5) is 0 Å². The Balaban J connectivity index is 0.000000151. The monoisotopic (exact) mass is 376 g/mol. The zero-order valence-electron chi connectivity index (χ0n) is 15.2. The summed E-state index contributed by atoms with van der Waals surface area (Å²) in [5.74, 6) is 0. The Kier molecular flexibility index (Phi) is 5.32. The Morgan fingerprint density at radius 3 is 2.32 bits per heavy atom. The minimum Gasteiger partial charge on any atom is -0.348 e. The van der Waals surface area contributed by atoms with E-state index in [-0.39, 0.29) is 17.4 Å². The van der Waals surface area contributed by atoms with E-state index >= 15 is 0 Å². The van der Waals surface area contributed by atoms with Crippen molar-refractivity contribution in [3.05, 3.63) is 93.5 Å². The topological polar surface area (TPSA) is 73.3 Å². The molecule has 1 aliphatic heterocycles. The van der Waals surface area contributed by atoms with E-state index in [4.69, 9.17) is 9.47 Å². The van der Waals surface area contributed by atoms with Crippen molar-refractivity contribution in [1.82, 2.24) is 9.55 Å². The summed E-state index contributed by atoms with van der Waals surface area (Å²) in [7, 11) is 0. The molecule has 6 heteroatoms. The predicted molar refractivity (Wildman–Crippen MR) is 108 cm³/mol. The lowest BCUT2D eigenvalue weighted by Crippen LogP contribution is -2.26. The summed E-state index contributed by atoms with van der Waals surface area (Å²) in [4.78, 5) is 25.4. The van der Waals surface area contributed by atoms with E-state index in [1.54, 1.807) is 10.6 Å². The molecule has 0 unspecified atom stereocenters. The lowest BCUT2D eigenvalue weighted by Gasteiger charge is -2.13. The summed E-state index contributed by atoms with van der Waals surface area (Å²) in [6.45, 7) is 1.65. The second kappa shape index (κ2) is 8.21. The van der Waals surface area contributed by atoms with Gasteiger partial charge < -0.3 is 19.0 Å². The van der Waals surface area contributed by atoms with Gasteiger partial charge in [-0.1, -0.05) is 36.4 Å². The molecule has 0 spiro atoms. The van der Waals surface area contributed by atoms with Crippen molar-refractivity contribution >= 4 is 21.8 Å². The normalized spacial score (nSPS) is 14.1. The number of rotatable bonds is 2. The second-order valence-corrected chi connectivity index (χ2v) is 6.42. The molecule has 0 radical (unpaired) electrons. The number of fused-ring (bicyclic) bond motifs is 2. The molecule has 4 aromatic rings. The maximum absolute atomic E-state index is 11.9. The van der Waals surface area contributed by atoms with Crippen LogP contribution in [0.1, 0.15) is 0 Å². The number of pyridine rings is 2. The summed E-state index contributed by atoms with van der Waals surface area (Å²) in [6.07, 6.45) is -0.307. The molecule has 28 heavy (non-hydrogen) atoms. The molecule has 6 nitrogen and oxygen atoms in total. The fraction of sp³-hybridized carbons (Fsp3) is 0.182. The third kappa shape index (κ3) is 4.03. The molecular weight excluding hydrogens is 356 g/mol. The van der Waals surface area contributed by atoms with Crippen LogP contribution in [0.2, 0.25) is 0 Å². The number of hydrogen-bond acceptors (Lipinski definition) is 4. The molecule has 0 atom stereocenters. The first-order chi connectivity index (χ1) is 13.7. The molecule has 3 heterocycles. The van der Waals surface area contributed by atoms with Crippen LogP contribution in [0.5, 0.6) is 0 Å². The molecule has 2 aromatic heterocycles. The van der Waals surface area contributed by atoms with Gasteiger partial charge in [-0.25, -0.2) is 0 Å². The van der Waals surface area contributed by atoms with Crippen molar-refractivity contribution in [1.29, 1.82) is 0 Å². The third-order valence-corrected chi connectivity index (χ3v) is 4.55. The number of benzene rings is 2. The van der Waals surface area contributed by atoms with E-state index in [2.05, 4.69) is 4.98 Å². The molecule has 0 bridgehead atoms. The minimum absolute atomic E-state index is 0.0252. The van der Waals surface area contributed by atoms with Gasteiger partial charge in [0.2, 0.25) is 5.56 Å². The molecule has 0 saturated carbocycles. The Hall–Kier alpha value is -3.22. The Bertz CT molecular complexity index is 1210. The fourth-order valence-electron chi connectivity index (χ4n) is 3.19. The molecule has 1 fully saturated rings. The zero-order valence-corrected chi connectivity index (χ0v) is 15.2. The number of hydrogen-bond donors (Lipinski definition) is 1. The number of aromatic amines is 1. The molecule has 0 aliphatic carbocycles. The Labute approximate surface area is 161 Å². The van der Waals surface area contributed by atoms with Gasteiger partial charge in [-0.3, -0.25) is 9.59 Å². The largest absolute Gasteiger partial charge is 0.348 e. The van der Waals surface area contributed by atoms with Crippen LogP contribution >= 0.6 is 0 Å². The summed E-state index contributed by atoms with van der Waals surface area (Å²) in [6, 6.07) is 22.3. The van der Waals surface area contributed by atoms with Gasteiger partial charge in [0.15, 0.2) is 6.29 Å². The van der Waals surface area contributed by atoms with Gasteiger partial charge in [-0.15, -0.1) is 0 Å². The molecular formula is C22H20N2O4. The molecule has 0 amide bonds. The molecule has 2 aromatic carbocycles. The van der Waals surface area contributed by atoms with Gasteiger partial charge in [0.05, 0.1) is 25.3 Å². The average Bonchev–Trinajstić information content (AvgIpc) is 3.24. The van der Waals surface area contributed by atoms with Gasteiger partial charge in [0.1, 0.15) is 0 Å². The number of nitrogens with zero attached hydrogens (tertiary/aromatic N) is 1. The first kappa shape index (κ1) is 18.2. The Morgan fingerprint density at radius 2 is 1.50 bits per heavy atom. The van der Waals surface area contributed by atoms with Crippen molar-refractivity contribution < 1.29 is 9.47 Å². The maximum atomic E-state index is 11.9. The summed E-state index contributed by atoms with van der Waals surface area (Å²) < 4.78 is 12.5. The van der Waals surface area contributed by atoms with Crippen LogP contribution in [0.25, 0.3) is 21.8 Å². The molecule has 142 valence electrons. The molecule has 1 aliphatic rings. The van der Waals surface area contributed by atoms with Gasteiger partial charge in [-0.05, 0) is 35.0 Å². The third-order valence-electron chi connectivity index (χ3n) is 4.55. The predicted octanol–water partition coefficient (Wildman–Crippen LogP) is 2.90. The van der Waals surface area contributed by atoms with Crippen LogP contribution in [0.3, 0.4) is 0 Å². The lowest BCUT2D eigenvalue weighted by atomic mass is 10.2. The molecule has 1 N–H and O–H groups in total. The quantitative estimate of drug-likeness (QED) is 0.584. The van der Waals surface area contributed by atoms with Crippen molar-refractivity contribution in [3.8, 4) is 0 Å². The number of ether oxygens (including phenoxy) is 2. The smallest absolute Gasteiger partial charge is 0.251 e. The average molecular weight is 376 g/mol. The van der Waals surface area contributed by atoms with Crippen LogP contribution < -0.4 is 11.1 Å². The highest BCUT2D eigenvalue weighted by Crippen LogP contribution is 2.13. The molecule has 1 saturated heterocycles. The van der Waals surface area contributed by atoms with E-state index < -0.39 is 0 Å². The zero-order chi connectivity index (χ0) is 19.3.